The van der Waals surface area contributed by atoms with E-state index in [2.05, 4.69) is 20.4 Å². The highest BCUT2D eigenvalue weighted by atomic mass is 16.5. The highest BCUT2D eigenvalue weighted by molar-refractivity contribution is 5.77. The molecule has 0 spiro atoms. The predicted octanol–water partition coefficient (Wildman–Crippen LogP) is 1.32. The van der Waals surface area contributed by atoms with Crippen molar-refractivity contribution in [3.05, 3.63) is 42.0 Å². The van der Waals surface area contributed by atoms with Gasteiger partial charge in [-0.15, -0.1) is 0 Å². The summed E-state index contributed by atoms with van der Waals surface area (Å²) in [6.07, 6.45) is 0.745. The molecule has 1 fully saturated rings. The molecule has 2 heterocycles. The fourth-order valence-corrected chi connectivity index (χ4v) is 2.78. The fraction of sp³-hybridized carbons (Fsp3) is 0.438. The summed E-state index contributed by atoms with van der Waals surface area (Å²) in [6, 6.07) is 9.38. The van der Waals surface area contributed by atoms with Gasteiger partial charge in [0.15, 0.2) is 12.4 Å². The minimum absolute atomic E-state index is 0.00849. The summed E-state index contributed by atoms with van der Waals surface area (Å²) in [6.45, 7) is 2.54. The minimum atomic E-state index is -0.130. The second-order valence-corrected chi connectivity index (χ2v) is 5.74. The van der Waals surface area contributed by atoms with Crippen molar-refractivity contribution >= 4 is 5.91 Å². The normalized spacial score (nSPS) is 21.3. The first-order valence-electron chi connectivity index (χ1n) is 7.59. The molecule has 7 heteroatoms. The Balaban J connectivity index is 1.50. The molecular formula is C16H20N4O3. The molecule has 1 aromatic carbocycles. The zero-order valence-corrected chi connectivity index (χ0v) is 13.2. The summed E-state index contributed by atoms with van der Waals surface area (Å²) in [5.41, 5.74) is 0. The number of nitrogens with zero attached hydrogens (tertiary/aromatic N) is 3. The van der Waals surface area contributed by atoms with Crippen LogP contribution in [-0.2, 0) is 4.79 Å². The molecule has 0 aliphatic carbocycles. The maximum Gasteiger partial charge on any atom is 0.258 e. The Morgan fingerprint density at radius 3 is 2.91 bits per heavy atom. The van der Waals surface area contributed by atoms with E-state index in [0.717, 1.165) is 13.0 Å². The summed E-state index contributed by atoms with van der Waals surface area (Å²) in [5.74, 6) is 1.78. The van der Waals surface area contributed by atoms with Gasteiger partial charge in [-0.05, 0) is 32.5 Å². The van der Waals surface area contributed by atoms with Gasteiger partial charge >= 0.3 is 0 Å². The molecule has 1 saturated heterocycles. The molecule has 1 amide bonds. The number of rotatable bonds is 5. The lowest BCUT2D eigenvalue weighted by molar-refractivity contribution is -0.123. The van der Waals surface area contributed by atoms with Gasteiger partial charge < -0.3 is 14.6 Å². The number of aryl methyl sites for hydroxylation is 1. The number of carbonyl (C=O) groups excluding carboxylic acids is 1. The van der Waals surface area contributed by atoms with Gasteiger partial charge in [0.25, 0.3) is 5.91 Å². The largest absolute Gasteiger partial charge is 0.484 e. The number of ether oxygens (including phenoxy) is 1. The van der Waals surface area contributed by atoms with E-state index in [1.807, 2.05) is 37.4 Å². The Hall–Kier alpha value is -2.41. The quantitative estimate of drug-likeness (QED) is 0.896. The van der Waals surface area contributed by atoms with Crippen LogP contribution in [0.1, 0.15) is 24.2 Å². The molecule has 1 N–H and O–H groups in total. The van der Waals surface area contributed by atoms with Crippen LogP contribution in [0.5, 0.6) is 5.75 Å². The molecule has 23 heavy (non-hydrogen) atoms. The summed E-state index contributed by atoms with van der Waals surface area (Å²) < 4.78 is 10.7. The minimum Gasteiger partial charge on any atom is -0.484 e. The molecule has 2 aromatic rings. The van der Waals surface area contributed by atoms with Gasteiger partial charge in [-0.3, -0.25) is 9.69 Å². The number of carbonyl (C=O) groups is 1. The number of nitrogens with one attached hydrogen (secondary N) is 1. The molecule has 2 atom stereocenters. The lowest BCUT2D eigenvalue weighted by Gasteiger charge is -2.14. The van der Waals surface area contributed by atoms with Crippen LogP contribution in [0.2, 0.25) is 0 Å². The van der Waals surface area contributed by atoms with Crippen molar-refractivity contribution in [3.8, 4) is 5.75 Å². The third-order valence-electron chi connectivity index (χ3n) is 3.85. The lowest BCUT2D eigenvalue weighted by Crippen LogP contribution is -2.39. The summed E-state index contributed by atoms with van der Waals surface area (Å²) in [7, 11) is 1.98. The van der Waals surface area contributed by atoms with Crippen molar-refractivity contribution < 1.29 is 14.1 Å². The van der Waals surface area contributed by atoms with Crippen molar-refractivity contribution in [2.75, 3.05) is 20.2 Å². The average Bonchev–Trinajstić information content (AvgIpc) is 3.12. The Labute approximate surface area is 134 Å². The molecule has 0 unspecified atom stereocenters. The van der Waals surface area contributed by atoms with Crippen molar-refractivity contribution in [2.45, 2.75) is 25.4 Å². The van der Waals surface area contributed by atoms with Gasteiger partial charge in [0.2, 0.25) is 5.89 Å². The van der Waals surface area contributed by atoms with Crippen LogP contribution in [0.3, 0.4) is 0 Å². The molecule has 1 aliphatic heterocycles. The number of hydrogen-bond acceptors (Lipinski definition) is 6. The molecule has 1 aliphatic rings. The average molecular weight is 316 g/mol. The molecule has 0 saturated carbocycles. The summed E-state index contributed by atoms with van der Waals surface area (Å²) >= 11 is 0. The van der Waals surface area contributed by atoms with E-state index >= 15 is 0 Å². The highest BCUT2D eigenvalue weighted by Gasteiger charge is 2.34. The number of likely N-dealkylation sites (N-methyl/N-ethyl adjacent to an activating group) is 1. The van der Waals surface area contributed by atoms with Crippen LogP contribution in [0.4, 0.5) is 0 Å². The second kappa shape index (κ2) is 6.78. The Morgan fingerprint density at radius 1 is 1.43 bits per heavy atom. The zero-order chi connectivity index (χ0) is 16.2. The number of hydrogen-bond donors (Lipinski definition) is 1. The molecule has 0 radical (unpaired) electrons. The SMILES string of the molecule is Cc1noc([C@@H]2C[C@H](NC(=O)COc3ccccc3)CN2C)n1. The lowest BCUT2D eigenvalue weighted by atomic mass is 10.1. The number of aromatic nitrogens is 2. The van der Waals surface area contributed by atoms with E-state index in [1.165, 1.54) is 0 Å². The van der Waals surface area contributed by atoms with Gasteiger partial charge in [-0.1, -0.05) is 23.4 Å². The Bertz CT molecular complexity index is 658. The van der Waals surface area contributed by atoms with Gasteiger partial charge in [-0.25, -0.2) is 0 Å². The van der Waals surface area contributed by atoms with Gasteiger partial charge in [0, 0.05) is 12.6 Å². The first-order chi connectivity index (χ1) is 11.1. The van der Waals surface area contributed by atoms with Crippen LogP contribution >= 0.6 is 0 Å². The van der Waals surface area contributed by atoms with E-state index in [0.29, 0.717) is 17.5 Å². The maximum atomic E-state index is 12.0. The van der Waals surface area contributed by atoms with E-state index in [4.69, 9.17) is 9.26 Å². The van der Waals surface area contributed by atoms with Crippen LogP contribution < -0.4 is 10.1 Å². The Morgan fingerprint density at radius 2 is 2.22 bits per heavy atom. The van der Waals surface area contributed by atoms with E-state index in [9.17, 15) is 4.79 Å². The van der Waals surface area contributed by atoms with Crippen molar-refractivity contribution in [2.24, 2.45) is 0 Å². The van der Waals surface area contributed by atoms with Crippen molar-refractivity contribution in [1.29, 1.82) is 0 Å². The monoisotopic (exact) mass is 316 g/mol. The van der Waals surface area contributed by atoms with Gasteiger partial charge in [0.05, 0.1) is 6.04 Å². The molecular weight excluding hydrogens is 296 g/mol. The number of amides is 1. The predicted molar refractivity (Wildman–Crippen MR) is 82.9 cm³/mol. The Kier molecular flexibility index (Phi) is 4.57. The number of benzene rings is 1. The summed E-state index contributed by atoms with van der Waals surface area (Å²) in [4.78, 5) is 18.4. The number of para-hydroxylation sites is 1. The topological polar surface area (TPSA) is 80.5 Å². The number of likely N-dealkylation sites (tertiary alicyclic amines) is 1. The first-order valence-corrected chi connectivity index (χ1v) is 7.59. The van der Waals surface area contributed by atoms with E-state index in [-0.39, 0.29) is 24.6 Å². The second-order valence-electron chi connectivity index (χ2n) is 5.74. The van der Waals surface area contributed by atoms with Crippen LogP contribution in [0, 0.1) is 6.92 Å². The molecule has 3 rings (SSSR count). The standard InChI is InChI=1S/C16H20N4O3/c1-11-17-16(23-19-11)14-8-12(9-20(14)2)18-15(21)10-22-13-6-4-3-5-7-13/h3-7,12,14H,8-10H2,1-2H3,(H,18,21)/t12-,14-/m0/s1. The maximum absolute atomic E-state index is 12.0. The van der Waals surface area contributed by atoms with Crippen molar-refractivity contribution in [3.63, 3.8) is 0 Å². The summed E-state index contributed by atoms with van der Waals surface area (Å²) in [5, 5.41) is 6.82. The third kappa shape index (κ3) is 3.87. The van der Waals surface area contributed by atoms with Crippen LogP contribution in [-0.4, -0.2) is 47.2 Å². The van der Waals surface area contributed by atoms with E-state index < -0.39 is 0 Å². The van der Waals surface area contributed by atoms with Crippen molar-refractivity contribution in [1.82, 2.24) is 20.4 Å². The molecule has 1 aromatic heterocycles. The molecule has 0 bridgehead atoms. The van der Waals surface area contributed by atoms with Crippen LogP contribution in [0.25, 0.3) is 0 Å². The zero-order valence-electron chi connectivity index (χ0n) is 13.2. The smallest absolute Gasteiger partial charge is 0.258 e. The first kappa shape index (κ1) is 15.5. The molecule has 7 nitrogen and oxygen atoms in total. The third-order valence-corrected chi connectivity index (χ3v) is 3.85. The highest BCUT2D eigenvalue weighted by Crippen LogP contribution is 2.29. The van der Waals surface area contributed by atoms with Gasteiger partial charge in [0.1, 0.15) is 5.75 Å². The molecule has 122 valence electrons. The fourth-order valence-electron chi connectivity index (χ4n) is 2.78. The van der Waals surface area contributed by atoms with Gasteiger partial charge in [-0.2, -0.15) is 4.98 Å². The van der Waals surface area contributed by atoms with E-state index in [1.54, 1.807) is 6.92 Å². The van der Waals surface area contributed by atoms with Crippen LogP contribution in [0.15, 0.2) is 34.9 Å².